The topological polar surface area (TPSA) is 44.8 Å². The van der Waals surface area contributed by atoms with Gasteiger partial charge in [-0.05, 0) is 36.8 Å². The quantitative estimate of drug-likeness (QED) is 0.479. The zero-order valence-corrected chi connectivity index (χ0v) is 19.2. The smallest absolute Gasteiger partial charge is 0.193 e. The largest absolute Gasteiger partial charge is 0.496 e. The monoisotopic (exact) mass is 395 g/mol. The fourth-order valence-electron chi connectivity index (χ4n) is 2.96. The Labute approximate surface area is 182 Å². The molecule has 0 heterocycles. The van der Waals surface area contributed by atoms with Crippen molar-refractivity contribution in [3.05, 3.63) is 47.0 Å². The number of benzene rings is 2. The summed E-state index contributed by atoms with van der Waals surface area (Å²) in [6.45, 7) is 8.62. The molecule has 0 saturated heterocycles. The molecule has 0 N–H and O–H groups in total. The second-order valence-corrected chi connectivity index (χ2v) is 8.26. The van der Waals surface area contributed by atoms with Crippen molar-refractivity contribution in [2.45, 2.75) is 39.5 Å². The minimum absolute atomic E-state index is 0. The Balaban J connectivity index is 0.00000392. The van der Waals surface area contributed by atoms with Crippen molar-refractivity contribution in [2.24, 2.45) is 0 Å². The minimum atomic E-state index is -0.00703. The molecule has 4 nitrogen and oxygen atoms in total. The molecule has 2 aromatic rings. The van der Waals surface area contributed by atoms with Gasteiger partial charge >= 0.3 is 0 Å². The van der Waals surface area contributed by atoms with Crippen molar-refractivity contribution in [3.8, 4) is 17.2 Å². The summed E-state index contributed by atoms with van der Waals surface area (Å²) >= 11 is 0. The van der Waals surface area contributed by atoms with Gasteiger partial charge in [0.1, 0.15) is 22.8 Å². The van der Waals surface area contributed by atoms with E-state index in [1.165, 1.54) is 11.1 Å². The third kappa shape index (κ3) is 5.54. The molecule has 0 bridgehead atoms. The van der Waals surface area contributed by atoms with Crippen LogP contribution in [0.2, 0.25) is 0 Å². The molecule has 0 saturated carbocycles. The molecule has 0 aliphatic carbocycles. The van der Waals surface area contributed by atoms with Gasteiger partial charge in [0, 0.05) is 31.0 Å². The van der Waals surface area contributed by atoms with Crippen LogP contribution >= 0.6 is 8.58 Å². The summed E-state index contributed by atoms with van der Waals surface area (Å²) < 4.78 is 16.2. The van der Waals surface area contributed by atoms with Crippen molar-refractivity contribution < 1.29 is 19.0 Å². The molecule has 0 spiro atoms. The Morgan fingerprint density at radius 1 is 0.857 bits per heavy atom. The molecule has 0 amide bonds. The number of hydrogen-bond donors (Lipinski definition) is 0. The average molecular weight is 395 g/mol. The van der Waals surface area contributed by atoms with Gasteiger partial charge in [0.05, 0.1) is 21.3 Å². The van der Waals surface area contributed by atoms with Crippen molar-refractivity contribution in [1.29, 1.82) is 0 Å². The van der Waals surface area contributed by atoms with Crippen molar-refractivity contribution in [2.75, 3.05) is 21.3 Å². The van der Waals surface area contributed by atoms with Crippen LogP contribution in [0.3, 0.4) is 0 Å². The number of methoxy groups -OCH3 is 3. The van der Waals surface area contributed by atoms with Crippen LogP contribution in [0.25, 0.3) is 0 Å². The number of ether oxygens (including phenoxy) is 3. The van der Waals surface area contributed by atoms with E-state index in [1.54, 1.807) is 33.5 Å². The van der Waals surface area contributed by atoms with E-state index in [2.05, 4.69) is 45.9 Å². The Hall–Kier alpha value is -1.46. The Bertz CT molecular complexity index is 793. The predicted octanol–water partition coefficient (Wildman–Crippen LogP) is 4.72. The first-order chi connectivity index (χ1) is 12.8. The Kier molecular flexibility index (Phi) is 9.58. The van der Waals surface area contributed by atoms with Crippen LogP contribution in [0.5, 0.6) is 17.2 Å². The molecule has 2 aromatic carbocycles. The zero-order chi connectivity index (χ0) is 20.1. The molecule has 0 fully saturated rings. The summed E-state index contributed by atoms with van der Waals surface area (Å²) in [5.41, 5.74) is 2.90. The van der Waals surface area contributed by atoms with Crippen molar-refractivity contribution in [3.63, 3.8) is 0 Å². The van der Waals surface area contributed by atoms with Crippen LogP contribution in [0, 0.1) is 0 Å². The SMILES string of the molecule is COc1cc(OC)c(C(=O)Pc2cc(C(C)C)ccc2C(C)C)c(OC)c1.[Li]. The second-order valence-electron chi connectivity index (χ2n) is 7.02. The van der Waals surface area contributed by atoms with E-state index < -0.39 is 0 Å². The van der Waals surface area contributed by atoms with Gasteiger partial charge in [-0.2, -0.15) is 0 Å². The van der Waals surface area contributed by atoms with Gasteiger partial charge in [0.25, 0.3) is 0 Å². The van der Waals surface area contributed by atoms with Gasteiger partial charge in [-0.15, -0.1) is 0 Å². The first kappa shape index (κ1) is 24.6. The minimum Gasteiger partial charge on any atom is -0.496 e. The van der Waals surface area contributed by atoms with E-state index in [0.717, 1.165) is 5.30 Å². The summed E-state index contributed by atoms with van der Waals surface area (Å²) in [6.07, 6.45) is 0. The molecule has 1 atom stereocenters. The third-order valence-electron chi connectivity index (χ3n) is 4.56. The summed E-state index contributed by atoms with van der Waals surface area (Å²) in [7, 11) is 4.66. The van der Waals surface area contributed by atoms with E-state index in [0.29, 0.717) is 34.6 Å². The molecular weight excluding hydrogens is 366 g/mol. The molecule has 0 aliphatic rings. The van der Waals surface area contributed by atoms with E-state index in [9.17, 15) is 4.79 Å². The normalized spacial score (nSPS) is 11.0. The van der Waals surface area contributed by atoms with E-state index >= 15 is 0 Å². The second kappa shape index (κ2) is 10.9. The summed E-state index contributed by atoms with van der Waals surface area (Å²) in [4.78, 5) is 13.2. The molecule has 6 heteroatoms. The molecule has 147 valence electrons. The van der Waals surface area contributed by atoms with Crippen LogP contribution in [0.1, 0.15) is 61.0 Å². The van der Waals surface area contributed by atoms with E-state index in [-0.39, 0.29) is 33.0 Å². The molecule has 28 heavy (non-hydrogen) atoms. The van der Waals surface area contributed by atoms with Crippen molar-refractivity contribution in [1.82, 2.24) is 0 Å². The van der Waals surface area contributed by atoms with Gasteiger partial charge in [-0.25, -0.2) is 0 Å². The molecular formula is C22H29LiO4P. The molecule has 1 unspecified atom stereocenters. The summed E-state index contributed by atoms with van der Waals surface area (Å²) in [6, 6.07) is 9.91. The fraction of sp³-hybridized carbons (Fsp3) is 0.409. The maximum atomic E-state index is 13.2. The number of hydrogen-bond acceptors (Lipinski definition) is 4. The Morgan fingerprint density at radius 2 is 1.43 bits per heavy atom. The van der Waals surface area contributed by atoms with Crippen LogP contribution in [-0.4, -0.2) is 45.7 Å². The Morgan fingerprint density at radius 3 is 1.86 bits per heavy atom. The standard InChI is InChI=1S/C22H29O4P.Li/c1-13(2)15-8-9-17(14(3)4)20(10-15)27-22(23)21-18(25-6)11-16(24-5)12-19(21)26-7;/h8-14,27H,1-7H3;. The third-order valence-corrected chi connectivity index (χ3v) is 5.74. The molecule has 0 aliphatic heterocycles. The molecule has 0 aromatic heterocycles. The van der Waals surface area contributed by atoms with Gasteiger partial charge in [0.2, 0.25) is 0 Å². The maximum absolute atomic E-state index is 13.2. The van der Waals surface area contributed by atoms with Gasteiger partial charge < -0.3 is 14.2 Å². The van der Waals surface area contributed by atoms with Crippen LogP contribution in [0.4, 0.5) is 0 Å². The summed E-state index contributed by atoms with van der Waals surface area (Å²) in [5, 5.41) is 1.08. The number of rotatable bonds is 8. The van der Waals surface area contributed by atoms with Crippen LogP contribution < -0.4 is 19.5 Å². The van der Waals surface area contributed by atoms with Crippen LogP contribution in [-0.2, 0) is 0 Å². The fourth-order valence-corrected chi connectivity index (χ4v) is 4.33. The van der Waals surface area contributed by atoms with Gasteiger partial charge in [0.15, 0.2) is 5.52 Å². The van der Waals surface area contributed by atoms with Crippen LogP contribution in [0.15, 0.2) is 30.3 Å². The van der Waals surface area contributed by atoms with Gasteiger partial charge in [-0.3, -0.25) is 4.79 Å². The zero-order valence-electron chi connectivity index (χ0n) is 18.2. The average Bonchev–Trinajstić information content (AvgIpc) is 2.66. The first-order valence-electron chi connectivity index (χ1n) is 9.07. The van der Waals surface area contributed by atoms with E-state index in [4.69, 9.17) is 14.2 Å². The summed E-state index contributed by atoms with van der Waals surface area (Å²) in [5.74, 6) is 2.29. The van der Waals surface area contributed by atoms with Gasteiger partial charge in [-0.1, -0.05) is 45.9 Å². The van der Waals surface area contributed by atoms with E-state index in [1.807, 2.05) is 0 Å². The number of carbonyl (C=O) groups is 1. The number of carbonyl (C=O) groups excluding carboxylic acids is 1. The van der Waals surface area contributed by atoms with Crippen molar-refractivity contribution >= 4 is 38.3 Å². The molecule has 2 rings (SSSR count). The first-order valence-corrected chi connectivity index (χ1v) is 10.1. The maximum Gasteiger partial charge on any atom is 0.193 e. The predicted molar refractivity (Wildman–Crippen MR) is 119 cm³/mol. The molecule has 1 radical (unpaired) electrons.